The van der Waals surface area contributed by atoms with Gasteiger partial charge in [-0.2, -0.15) is 0 Å². The van der Waals surface area contributed by atoms with Crippen LogP contribution >= 0.6 is 0 Å². The van der Waals surface area contributed by atoms with Crippen molar-refractivity contribution in [2.45, 2.75) is 26.4 Å². The Morgan fingerprint density at radius 3 is 2.26 bits per heavy atom. The largest absolute Gasteiger partial charge is 0.480 e. The molecule has 4 rings (SSSR count). The second-order valence-electron chi connectivity index (χ2n) is 8.55. The van der Waals surface area contributed by atoms with E-state index in [1.807, 2.05) is 54.7 Å². The minimum Gasteiger partial charge on any atom is -0.480 e. The number of aromatic nitrogens is 2. The Bertz CT molecular complexity index is 1040. The van der Waals surface area contributed by atoms with Gasteiger partial charge in [-0.25, -0.2) is 9.78 Å². The summed E-state index contributed by atoms with van der Waals surface area (Å²) in [6.07, 6.45) is 2.47. The Balaban J connectivity index is 1.65. The second-order valence-corrected chi connectivity index (χ2v) is 8.55. The van der Waals surface area contributed by atoms with E-state index in [2.05, 4.69) is 30.9 Å². The predicted octanol–water partition coefficient (Wildman–Crippen LogP) is 4.52. The first-order chi connectivity index (χ1) is 14.9. The average Bonchev–Trinajstić information content (AvgIpc) is 2.78. The third kappa shape index (κ3) is 4.75. The van der Waals surface area contributed by atoms with Crippen LogP contribution in [0.15, 0.2) is 66.9 Å². The summed E-state index contributed by atoms with van der Waals surface area (Å²) < 4.78 is 5.65. The second kappa shape index (κ2) is 8.86. The van der Waals surface area contributed by atoms with Crippen LogP contribution in [0.3, 0.4) is 0 Å². The van der Waals surface area contributed by atoms with Gasteiger partial charge in [0.25, 0.3) is 0 Å². The molecule has 160 valence electrons. The molecule has 0 spiro atoms. The van der Waals surface area contributed by atoms with Gasteiger partial charge < -0.3 is 14.7 Å². The fraction of sp³-hybridized carbons (Fsp3) is 0.320. The number of hydrogen-bond acceptors (Lipinski definition) is 5. The van der Waals surface area contributed by atoms with E-state index in [-0.39, 0.29) is 18.1 Å². The molecule has 0 amide bonds. The maximum Gasteiger partial charge on any atom is 0.329 e. The molecular formula is C25H27N3O3. The minimum atomic E-state index is -0.937. The van der Waals surface area contributed by atoms with Crippen LogP contribution in [0.2, 0.25) is 0 Å². The molecule has 2 aromatic carbocycles. The van der Waals surface area contributed by atoms with Crippen molar-refractivity contribution >= 4 is 11.8 Å². The van der Waals surface area contributed by atoms with Crippen LogP contribution in [0.25, 0.3) is 22.5 Å². The molecule has 1 fully saturated rings. The summed E-state index contributed by atoms with van der Waals surface area (Å²) in [6.45, 7) is 5.40. The Hall–Kier alpha value is -3.25. The number of hydrogen-bond donors (Lipinski definition) is 1. The van der Waals surface area contributed by atoms with E-state index in [0.29, 0.717) is 6.54 Å². The smallest absolute Gasteiger partial charge is 0.329 e. The summed E-state index contributed by atoms with van der Waals surface area (Å²) in [4.78, 5) is 23.0. The minimum absolute atomic E-state index is 0.106. The number of ether oxygens (including phenoxy) is 1. The highest BCUT2D eigenvalue weighted by Gasteiger charge is 2.37. The SMILES string of the molecule is CC1(C)CN(c2cnc(-c3ccccc3)c(-c3ccccc3)n2)CC[C@H]1OCC(=O)O. The predicted molar refractivity (Wildman–Crippen MR) is 121 cm³/mol. The van der Waals surface area contributed by atoms with Gasteiger partial charge >= 0.3 is 5.97 Å². The standard InChI is InChI=1S/C25H27N3O3/c1-25(2)17-28(14-13-20(25)31-16-22(29)30)21-15-26-23(18-9-5-3-6-10-18)24(27-21)19-11-7-4-8-12-19/h3-12,15,20H,13-14,16-17H2,1-2H3,(H,29,30)/t20-/m1/s1. The number of rotatable bonds is 6. The van der Waals surface area contributed by atoms with Crippen LogP contribution < -0.4 is 4.90 Å². The molecule has 0 bridgehead atoms. The van der Waals surface area contributed by atoms with E-state index in [0.717, 1.165) is 41.3 Å². The number of carboxylic acids is 1. The number of benzene rings is 2. The van der Waals surface area contributed by atoms with Crippen LogP contribution in [-0.2, 0) is 9.53 Å². The molecular weight excluding hydrogens is 390 g/mol. The monoisotopic (exact) mass is 417 g/mol. The molecule has 0 radical (unpaired) electrons. The number of nitrogens with zero attached hydrogens (tertiary/aromatic N) is 3. The molecule has 1 saturated heterocycles. The molecule has 31 heavy (non-hydrogen) atoms. The molecule has 3 aromatic rings. The maximum absolute atomic E-state index is 10.9. The Morgan fingerprint density at radius 1 is 1.06 bits per heavy atom. The topological polar surface area (TPSA) is 75.5 Å². The third-order valence-electron chi connectivity index (χ3n) is 5.72. The number of carboxylic acid groups (broad SMARTS) is 1. The van der Waals surface area contributed by atoms with Crippen molar-refractivity contribution in [3.05, 3.63) is 66.9 Å². The summed E-state index contributed by atoms with van der Waals surface area (Å²) in [5.74, 6) is -0.114. The molecule has 1 atom stereocenters. The zero-order valence-corrected chi connectivity index (χ0v) is 17.9. The summed E-state index contributed by atoms with van der Waals surface area (Å²) in [5.41, 5.74) is 3.55. The van der Waals surface area contributed by atoms with Gasteiger partial charge in [0.2, 0.25) is 0 Å². The van der Waals surface area contributed by atoms with Crippen LogP contribution in [-0.4, -0.2) is 46.8 Å². The molecule has 1 aliphatic heterocycles. The fourth-order valence-electron chi connectivity index (χ4n) is 4.15. The van der Waals surface area contributed by atoms with Gasteiger partial charge in [0.15, 0.2) is 0 Å². The quantitative estimate of drug-likeness (QED) is 0.636. The molecule has 2 heterocycles. The van der Waals surface area contributed by atoms with Crippen molar-refractivity contribution in [1.29, 1.82) is 0 Å². The van der Waals surface area contributed by atoms with E-state index in [1.54, 1.807) is 0 Å². The molecule has 6 heteroatoms. The number of piperidine rings is 1. The van der Waals surface area contributed by atoms with Crippen molar-refractivity contribution in [2.24, 2.45) is 5.41 Å². The molecule has 0 aliphatic carbocycles. The van der Waals surface area contributed by atoms with Gasteiger partial charge in [0.05, 0.1) is 23.7 Å². The number of aliphatic carboxylic acids is 1. The van der Waals surface area contributed by atoms with Crippen LogP contribution in [0.4, 0.5) is 5.82 Å². The molecule has 1 N–H and O–H groups in total. The van der Waals surface area contributed by atoms with Gasteiger partial charge in [0.1, 0.15) is 12.4 Å². The maximum atomic E-state index is 10.9. The van der Waals surface area contributed by atoms with Crippen molar-refractivity contribution in [3.63, 3.8) is 0 Å². The van der Waals surface area contributed by atoms with Gasteiger partial charge in [-0.1, -0.05) is 74.5 Å². The lowest BCUT2D eigenvalue weighted by molar-refractivity contribution is -0.147. The summed E-state index contributed by atoms with van der Waals surface area (Å²) in [5, 5.41) is 8.95. The zero-order chi connectivity index (χ0) is 21.8. The highest BCUT2D eigenvalue weighted by atomic mass is 16.5. The Kier molecular flexibility index (Phi) is 6.00. The lowest BCUT2D eigenvalue weighted by Crippen LogP contribution is -2.50. The molecule has 1 aromatic heterocycles. The van der Waals surface area contributed by atoms with Gasteiger partial charge in [-0.05, 0) is 6.42 Å². The first-order valence-corrected chi connectivity index (χ1v) is 10.5. The van der Waals surface area contributed by atoms with Crippen molar-refractivity contribution in [3.8, 4) is 22.5 Å². The Morgan fingerprint density at radius 2 is 1.68 bits per heavy atom. The molecule has 0 unspecified atom stereocenters. The first-order valence-electron chi connectivity index (χ1n) is 10.5. The average molecular weight is 418 g/mol. The van der Waals surface area contributed by atoms with Crippen LogP contribution in [0.1, 0.15) is 20.3 Å². The van der Waals surface area contributed by atoms with Gasteiger partial charge in [-0.3, -0.25) is 4.98 Å². The van der Waals surface area contributed by atoms with E-state index in [4.69, 9.17) is 19.8 Å². The van der Waals surface area contributed by atoms with E-state index >= 15 is 0 Å². The highest BCUT2D eigenvalue weighted by Crippen LogP contribution is 2.35. The molecule has 1 aliphatic rings. The lowest BCUT2D eigenvalue weighted by atomic mass is 9.81. The zero-order valence-electron chi connectivity index (χ0n) is 17.9. The van der Waals surface area contributed by atoms with Crippen LogP contribution in [0, 0.1) is 5.41 Å². The Labute approximate surface area is 182 Å². The van der Waals surface area contributed by atoms with Gasteiger partial charge in [0, 0.05) is 29.6 Å². The number of carbonyl (C=O) groups is 1. The number of anilines is 1. The van der Waals surface area contributed by atoms with E-state index in [1.165, 1.54) is 0 Å². The normalized spacial score (nSPS) is 18.0. The highest BCUT2D eigenvalue weighted by molar-refractivity contribution is 5.78. The van der Waals surface area contributed by atoms with E-state index in [9.17, 15) is 4.79 Å². The van der Waals surface area contributed by atoms with Crippen molar-refractivity contribution in [1.82, 2.24) is 9.97 Å². The molecule has 6 nitrogen and oxygen atoms in total. The van der Waals surface area contributed by atoms with Crippen LogP contribution in [0.5, 0.6) is 0 Å². The first kappa shape index (κ1) is 21.0. The lowest BCUT2D eigenvalue weighted by Gasteiger charge is -2.44. The summed E-state index contributed by atoms with van der Waals surface area (Å²) >= 11 is 0. The van der Waals surface area contributed by atoms with E-state index < -0.39 is 5.97 Å². The summed E-state index contributed by atoms with van der Waals surface area (Å²) in [6, 6.07) is 20.2. The van der Waals surface area contributed by atoms with Crippen molar-refractivity contribution < 1.29 is 14.6 Å². The third-order valence-corrected chi connectivity index (χ3v) is 5.72. The fourth-order valence-corrected chi connectivity index (χ4v) is 4.15. The molecule has 0 saturated carbocycles. The van der Waals surface area contributed by atoms with Gasteiger partial charge in [-0.15, -0.1) is 0 Å². The van der Waals surface area contributed by atoms with Crippen molar-refractivity contribution in [2.75, 3.05) is 24.6 Å². The summed E-state index contributed by atoms with van der Waals surface area (Å²) in [7, 11) is 0.